The summed E-state index contributed by atoms with van der Waals surface area (Å²) >= 11 is 0. The molecule has 0 saturated carbocycles. The Hall–Kier alpha value is -4.58. The van der Waals surface area contributed by atoms with Crippen LogP contribution in [-0.4, -0.2) is 29.1 Å². The lowest BCUT2D eigenvalue weighted by Crippen LogP contribution is -1.98. The average molecular weight is 428 g/mol. The van der Waals surface area contributed by atoms with Gasteiger partial charge < -0.3 is 4.57 Å². The zero-order valence-corrected chi connectivity index (χ0v) is 18.0. The highest BCUT2D eigenvalue weighted by Crippen LogP contribution is 2.29. The van der Waals surface area contributed by atoms with Crippen molar-refractivity contribution >= 4 is 11.0 Å². The first-order valence-electron chi connectivity index (χ1n) is 10.7. The second kappa shape index (κ2) is 7.84. The fraction of sp³-hybridized carbons (Fsp3) is 0.0370. The highest BCUT2D eigenvalue weighted by molar-refractivity contribution is 5.78. The number of imidazole rings is 1. The minimum absolute atomic E-state index is 0.870. The molecule has 6 nitrogen and oxygen atoms in total. The van der Waals surface area contributed by atoms with Crippen LogP contribution in [0.15, 0.2) is 104 Å². The van der Waals surface area contributed by atoms with Crippen LogP contribution in [0.2, 0.25) is 0 Å². The Balaban J connectivity index is 1.46. The van der Waals surface area contributed by atoms with Gasteiger partial charge in [0.25, 0.3) is 0 Å². The van der Waals surface area contributed by atoms with Gasteiger partial charge in [-0.3, -0.25) is 14.5 Å². The lowest BCUT2D eigenvalue weighted by atomic mass is 10.2. The molecule has 6 aromatic rings. The van der Waals surface area contributed by atoms with Crippen LogP contribution in [0.1, 0.15) is 5.69 Å². The Kier molecular flexibility index (Phi) is 4.54. The number of fused-ring (bicyclic) bond motifs is 1. The van der Waals surface area contributed by atoms with Gasteiger partial charge in [-0.25, -0.2) is 9.97 Å². The van der Waals surface area contributed by atoms with Crippen molar-refractivity contribution < 1.29 is 0 Å². The molecule has 1 aromatic carbocycles. The molecule has 0 fully saturated rings. The van der Waals surface area contributed by atoms with Gasteiger partial charge in [0.2, 0.25) is 0 Å². The maximum Gasteiger partial charge on any atom is 0.145 e. The molecular formula is C27H20N6. The Morgan fingerprint density at radius 2 is 1.55 bits per heavy atom. The lowest BCUT2D eigenvalue weighted by Gasteiger charge is -2.10. The fourth-order valence-corrected chi connectivity index (χ4v) is 4.07. The largest absolute Gasteiger partial charge is 0.301 e. The highest BCUT2D eigenvalue weighted by Gasteiger charge is 2.14. The highest BCUT2D eigenvalue weighted by atomic mass is 15.1. The van der Waals surface area contributed by atoms with Crippen molar-refractivity contribution in [2.24, 2.45) is 0 Å². The van der Waals surface area contributed by atoms with Crippen molar-refractivity contribution in [3.05, 3.63) is 110 Å². The molecular weight excluding hydrogens is 408 g/mol. The molecule has 0 radical (unpaired) electrons. The van der Waals surface area contributed by atoms with E-state index in [0.717, 1.165) is 50.7 Å². The van der Waals surface area contributed by atoms with Crippen LogP contribution < -0.4 is 0 Å². The lowest BCUT2D eigenvalue weighted by molar-refractivity contribution is 1.04. The summed E-state index contributed by atoms with van der Waals surface area (Å²) in [5.74, 6) is 0.870. The summed E-state index contributed by atoms with van der Waals surface area (Å²) in [6.07, 6.45) is 11.3. The quantitative estimate of drug-likeness (QED) is 0.364. The minimum Gasteiger partial charge on any atom is -0.301 e. The van der Waals surface area contributed by atoms with Crippen LogP contribution in [-0.2, 0) is 0 Å². The van der Waals surface area contributed by atoms with Crippen molar-refractivity contribution in [2.75, 3.05) is 0 Å². The fourth-order valence-electron chi connectivity index (χ4n) is 4.07. The third-order valence-electron chi connectivity index (χ3n) is 5.69. The maximum atomic E-state index is 4.99. The van der Waals surface area contributed by atoms with Crippen molar-refractivity contribution in [3.8, 4) is 34.0 Å². The van der Waals surface area contributed by atoms with E-state index in [1.807, 2.05) is 43.6 Å². The van der Waals surface area contributed by atoms with E-state index in [2.05, 4.69) is 78.9 Å². The van der Waals surface area contributed by atoms with Crippen LogP contribution in [0.5, 0.6) is 0 Å². The second-order valence-corrected chi connectivity index (χ2v) is 7.86. The summed E-state index contributed by atoms with van der Waals surface area (Å²) in [5.41, 5.74) is 6.93. The predicted octanol–water partition coefficient (Wildman–Crippen LogP) is 5.64. The van der Waals surface area contributed by atoms with E-state index in [9.17, 15) is 0 Å². The Labute approximate surface area is 190 Å². The monoisotopic (exact) mass is 428 g/mol. The predicted molar refractivity (Wildman–Crippen MR) is 129 cm³/mol. The van der Waals surface area contributed by atoms with Crippen LogP contribution in [0.25, 0.3) is 45.1 Å². The molecule has 5 aromatic heterocycles. The molecule has 0 N–H and O–H groups in total. The summed E-state index contributed by atoms with van der Waals surface area (Å²) in [5, 5.41) is 1.12. The summed E-state index contributed by atoms with van der Waals surface area (Å²) in [7, 11) is 0. The van der Waals surface area contributed by atoms with E-state index in [1.54, 1.807) is 12.4 Å². The van der Waals surface area contributed by atoms with E-state index in [4.69, 9.17) is 4.98 Å². The first-order chi connectivity index (χ1) is 16.3. The molecule has 5 heterocycles. The summed E-state index contributed by atoms with van der Waals surface area (Å²) in [6, 6.07) is 22.5. The number of rotatable bonds is 4. The molecule has 0 spiro atoms. The molecule has 0 aliphatic carbocycles. The van der Waals surface area contributed by atoms with Crippen LogP contribution in [0.3, 0.4) is 0 Å². The molecule has 0 unspecified atom stereocenters. The summed E-state index contributed by atoms with van der Waals surface area (Å²) < 4.78 is 4.21. The maximum absolute atomic E-state index is 4.99. The SMILES string of the molecule is Cc1cc(-n2cc(-c3ccncc3)nc2-c2ccc(-n3ccc4cccnc43)cc2)ccn1. The van der Waals surface area contributed by atoms with Crippen LogP contribution in [0, 0.1) is 6.92 Å². The molecule has 0 atom stereocenters. The Morgan fingerprint density at radius 3 is 2.36 bits per heavy atom. The second-order valence-electron chi connectivity index (χ2n) is 7.86. The smallest absolute Gasteiger partial charge is 0.145 e. The summed E-state index contributed by atoms with van der Waals surface area (Å²) in [6.45, 7) is 1.99. The van der Waals surface area contributed by atoms with Crippen LogP contribution >= 0.6 is 0 Å². The van der Waals surface area contributed by atoms with Gasteiger partial charge in [-0.15, -0.1) is 0 Å². The van der Waals surface area contributed by atoms with Gasteiger partial charge in [0.05, 0.1) is 11.4 Å². The number of aromatic nitrogens is 6. The molecule has 0 aliphatic rings. The average Bonchev–Trinajstić information content (AvgIpc) is 3.50. The molecule has 0 aliphatic heterocycles. The van der Waals surface area contributed by atoms with E-state index in [-0.39, 0.29) is 0 Å². The van der Waals surface area contributed by atoms with Crippen molar-refractivity contribution in [3.63, 3.8) is 0 Å². The van der Waals surface area contributed by atoms with Gasteiger partial charge >= 0.3 is 0 Å². The van der Waals surface area contributed by atoms with Crippen molar-refractivity contribution in [1.82, 2.24) is 29.1 Å². The number of nitrogens with zero attached hydrogens (tertiary/aromatic N) is 6. The van der Waals surface area contributed by atoms with Gasteiger partial charge in [-0.1, -0.05) is 0 Å². The normalized spacial score (nSPS) is 11.2. The van der Waals surface area contributed by atoms with Gasteiger partial charge in [0.15, 0.2) is 0 Å². The number of hydrogen-bond acceptors (Lipinski definition) is 4. The molecule has 6 rings (SSSR count). The van der Waals surface area contributed by atoms with Gasteiger partial charge in [-0.05, 0) is 73.7 Å². The number of hydrogen-bond donors (Lipinski definition) is 0. The third-order valence-corrected chi connectivity index (χ3v) is 5.69. The van der Waals surface area contributed by atoms with Gasteiger partial charge in [0.1, 0.15) is 11.5 Å². The van der Waals surface area contributed by atoms with E-state index in [1.165, 1.54) is 0 Å². The van der Waals surface area contributed by atoms with E-state index < -0.39 is 0 Å². The zero-order valence-electron chi connectivity index (χ0n) is 18.0. The number of pyridine rings is 3. The summed E-state index contributed by atoms with van der Waals surface area (Å²) in [4.78, 5) is 18.0. The van der Waals surface area contributed by atoms with Crippen LogP contribution in [0.4, 0.5) is 0 Å². The van der Waals surface area contributed by atoms with Gasteiger partial charge in [-0.2, -0.15) is 0 Å². The molecule has 6 heteroatoms. The number of aryl methyl sites for hydroxylation is 1. The Bertz CT molecular complexity index is 1560. The first-order valence-corrected chi connectivity index (χ1v) is 10.7. The van der Waals surface area contributed by atoms with Crippen molar-refractivity contribution in [2.45, 2.75) is 6.92 Å². The molecule has 0 amide bonds. The molecule has 0 saturated heterocycles. The van der Waals surface area contributed by atoms with E-state index in [0.29, 0.717) is 0 Å². The minimum atomic E-state index is 0.870. The topological polar surface area (TPSA) is 61.4 Å². The molecule has 158 valence electrons. The van der Waals surface area contributed by atoms with E-state index >= 15 is 0 Å². The molecule has 0 bridgehead atoms. The van der Waals surface area contributed by atoms with Crippen molar-refractivity contribution in [1.29, 1.82) is 0 Å². The van der Waals surface area contributed by atoms with Gasteiger partial charge in [0, 0.05) is 65.1 Å². The molecule has 33 heavy (non-hydrogen) atoms. The number of benzene rings is 1. The standard InChI is InChI=1S/C27H20N6/c1-19-17-24(10-15-29-19)33-18-25(20-8-13-28-14-9-20)31-27(33)22-4-6-23(7-5-22)32-16-11-21-3-2-12-30-26(21)32/h2-18H,1H3. The first kappa shape index (κ1) is 19.1. The zero-order chi connectivity index (χ0) is 22.2. The Morgan fingerprint density at radius 1 is 0.697 bits per heavy atom. The third kappa shape index (κ3) is 3.47.